The third-order valence-corrected chi connectivity index (χ3v) is 5.13. The van der Waals surface area contributed by atoms with Crippen LogP contribution in [-0.2, 0) is 19.4 Å². The van der Waals surface area contributed by atoms with Crippen LogP contribution in [0, 0.1) is 6.92 Å². The van der Waals surface area contributed by atoms with Crippen molar-refractivity contribution in [3.05, 3.63) is 51.0 Å². The Morgan fingerprint density at radius 3 is 2.48 bits per heavy atom. The molecule has 0 aliphatic carbocycles. The molecule has 1 heterocycles. The summed E-state index contributed by atoms with van der Waals surface area (Å²) in [5, 5.41) is 13.8. The molecule has 0 fully saturated rings. The van der Waals surface area contributed by atoms with Crippen LogP contribution in [-0.4, -0.2) is 16.6 Å². The van der Waals surface area contributed by atoms with Crippen LogP contribution >= 0.6 is 11.3 Å². The Morgan fingerprint density at radius 1 is 1.24 bits per heavy atom. The maximum Gasteiger partial charge on any atom is 0.0928 e. The third kappa shape index (κ3) is 4.37. The van der Waals surface area contributed by atoms with Gasteiger partial charge in [0, 0.05) is 10.9 Å². The molecule has 3 nitrogen and oxygen atoms in total. The van der Waals surface area contributed by atoms with Gasteiger partial charge in [-0.2, -0.15) is 0 Å². The zero-order chi connectivity index (χ0) is 15.2. The Hall–Kier alpha value is -1.23. The number of benzene rings is 1. The molecule has 1 aromatic heterocycles. The molecule has 0 aliphatic heterocycles. The van der Waals surface area contributed by atoms with E-state index in [2.05, 4.69) is 43.2 Å². The van der Waals surface area contributed by atoms with Crippen molar-refractivity contribution < 1.29 is 5.11 Å². The van der Waals surface area contributed by atoms with Crippen LogP contribution in [0.5, 0.6) is 0 Å². The first kappa shape index (κ1) is 16.1. The monoisotopic (exact) mass is 304 g/mol. The van der Waals surface area contributed by atoms with Gasteiger partial charge in [0.1, 0.15) is 0 Å². The number of nitrogens with zero attached hydrogens (tertiary/aromatic N) is 1. The number of rotatable bonds is 7. The number of aromatic nitrogens is 1. The van der Waals surface area contributed by atoms with Crippen LogP contribution in [0.15, 0.2) is 24.3 Å². The second-order valence-electron chi connectivity index (χ2n) is 5.31. The highest BCUT2D eigenvalue weighted by molar-refractivity contribution is 7.11. The molecule has 0 spiro atoms. The molecule has 0 radical (unpaired) electrons. The molecule has 1 unspecified atom stereocenters. The largest absolute Gasteiger partial charge is 0.392 e. The van der Waals surface area contributed by atoms with Crippen molar-refractivity contribution in [1.29, 1.82) is 0 Å². The maximum atomic E-state index is 9.03. The predicted octanol–water partition coefficient (Wildman–Crippen LogP) is 3.40. The van der Waals surface area contributed by atoms with Gasteiger partial charge in [-0.3, -0.25) is 0 Å². The van der Waals surface area contributed by atoms with Gasteiger partial charge in [-0.15, -0.1) is 11.3 Å². The van der Waals surface area contributed by atoms with E-state index in [4.69, 9.17) is 5.11 Å². The van der Waals surface area contributed by atoms with E-state index in [-0.39, 0.29) is 6.61 Å². The van der Waals surface area contributed by atoms with Gasteiger partial charge in [-0.1, -0.05) is 31.2 Å². The molecule has 0 bridgehead atoms. The normalized spacial score (nSPS) is 12.6. The summed E-state index contributed by atoms with van der Waals surface area (Å²) >= 11 is 1.82. The molecule has 2 rings (SSSR count). The van der Waals surface area contributed by atoms with E-state index >= 15 is 0 Å². The van der Waals surface area contributed by atoms with E-state index in [9.17, 15) is 0 Å². The second-order valence-corrected chi connectivity index (χ2v) is 6.43. The predicted molar refractivity (Wildman–Crippen MR) is 88.7 cm³/mol. The quantitative estimate of drug-likeness (QED) is 0.824. The first-order valence-electron chi connectivity index (χ1n) is 7.52. The lowest BCUT2D eigenvalue weighted by Crippen LogP contribution is -2.21. The molecule has 0 saturated carbocycles. The van der Waals surface area contributed by atoms with Gasteiger partial charge >= 0.3 is 0 Å². The highest BCUT2D eigenvalue weighted by atomic mass is 32.1. The van der Waals surface area contributed by atoms with Gasteiger partial charge in [0.25, 0.3) is 0 Å². The summed E-state index contributed by atoms with van der Waals surface area (Å²) in [6.45, 7) is 7.50. The van der Waals surface area contributed by atoms with Crippen molar-refractivity contribution in [2.45, 2.75) is 46.3 Å². The number of hydrogen-bond donors (Lipinski definition) is 2. The van der Waals surface area contributed by atoms with Crippen molar-refractivity contribution in [3.8, 4) is 0 Å². The minimum absolute atomic E-state index is 0.111. The molecule has 21 heavy (non-hydrogen) atoms. The lowest BCUT2D eigenvalue weighted by molar-refractivity contribution is 0.282. The molecule has 1 atom stereocenters. The number of thiazole rings is 1. The van der Waals surface area contributed by atoms with Gasteiger partial charge in [-0.05, 0) is 44.4 Å². The van der Waals surface area contributed by atoms with E-state index in [1.165, 1.54) is 15.4 Å². The molecule has 0 saturated heterocycles. The zero-order valence-electron chi connectivity index (χ0n) is 13.0. The number of aliphatic hydroxyl groups is 1. The Bertz CT molecular complexity index is 563. The molecule has 114 valence electrons. The van der Waals surface area contributed by atoms with Crippen LogP contribution in [0.25, 0.3) is 0 Å². The smallest absolute Gasteiger partial charge is 0.0928 e. The van der Waals surface area contributed by atoms with E-state index < -0.39 is 0 Å². The van der Waals surface area contributed by atoms with Gasteiger partial charge in [-0.25, -0.2) is 4.98 Å². The molecular formula is C17H24N2OS. The van der Waals surface area contributed by atoms with E-state index in [0.717, 1.165) is 30.6 Å². The van der Waals surface area contributed by atoms with Gasteiger partial charge < -0.3 is 10.4 Å². The molecule has 0 aliphatic rings. The topological polar surface area (TPSA) is 45.2 Å². The first-order chi connectivity index (χ1) is 10.1. The number of aliphatic hydroxyl groups excluding tert-OH is 1. The molecule has 4 heteroatoms. The number of hydrogen-bond acceptors (Lipinski definition) is 4. The third-order valence-electron chi connectivity index (χ3n) is 3.64. The maximum absolute atomic E-state index is 9.03. The van der Waals surface area contributed by atoms with Crippen LogP contribution in [0.1, 0.15) is 46.6 Å². The summed E-state index contributed by atoms with van der Waals surface area (Å²) in [4.78, 5) is 5.94. The molecular weight excluding hydrogens is 280 g/mol. The molecule has 2 N–H and O–H groups in total. The van der Waals surface area contributed by atoms with Crippen molar-refractivity contribution in [2.75, 3.05) is 6.54 Å². The van der Waals surface area contributed by atoms with E-state index in [1.807, 2.05) is 23.5 Å². The number of nitrogens with one attached hydrogen (secondary N) is 1. The van der Waals surface area contributed by atoms with Gasteiger partial charge in [0.05, 0.1) is 17.3 Å². The van der Waals surface area contributed by atoms with Crippen molar-refractivity contribution >= 4 is 11.3 Å². The fraction of sp³-hybridized carbons (Fsp3) is 0.471. The fourth-order valence-corrected chi connectivity index (χ4v) is 3.39. The Balaban J connectivity index is 1.85. The van der Waals surface area contributed by atoms with Crippen molar-refractivity contribution in [3.63, 3.8) is 0 Å². The Kier molecular flexibility index (Phi) is 5.91. The standard InChI is InChI=1S/C17H24N2OS/c1-4-16-19-13(3)17(21-16)12(2)18-10-9-14-5-7-15(11-20)8-6-14/h5-8,12,18,20H,4,9-11H2,1-3H3. The minimum Gasteiger partial charge on any atom is -0.392 e. The zero-order valence-corrected chi connectivity index (χ0v) is 13.8. The molecule has 0 amide bonds. The van der Waals surface area contributed by atoms with E-state index in [0.29, 0.717) is 6.04 Å². The average Bonchev–Trinajstić information content (AvgIpc) is 2.89. The fourth-order valence-electron chi connectivity index (χ4n) is 2.36. The molecule has 1 aromatic carbocycles. The van der Waals surface area contributed by atoms with Gasteiger partial charge in [0.15, 0.2) is 0 Å². The van der Waals surface area contributed by atoms with Crippen molar-refractivity contribution in [2.24, 2.45) is 0 Å². The highest BCUT2D eigenvalue weighted by Crippen LogP contribution is 2.25. The Labute approximate surface area is 131 Å². The SMILES string of the molecule is CCc1nc(C)c(C(C)NCCc2ccc(CO)cc2)s1. The lowest BCUT2D eigenvalue weighted by atomic mass is 10.1. The first-order valence-corrected chi connectivity index (χ1v) is 8.34. The average molecular weight is 304 g/mol. The highest BCUT2D eigenvalue weighted by Gasteiger charge is 2.12. The summed E-state index contributed by atoms with van der Waals surface area (Å²) < 4.78 is 0. The van der Waals surface area contributed by atoms with Crippen LogP contribution in [0.3, 0.4) is 0 Å². The summed E-state index contributed by atoms with van der Waals surface area (Å²) in [6.07, 6.45) is 2.00. The van der Waals surface area contributed by atoms with E-state index in [1.54, 1.807) is 0 Å². The number of aryl methyl sites for hydroxylation is 2. The van der Waals surface area contributed by atoms with Crippen LogP contribution < -0.4 is 5.32 Å². The van der Waals surface area contributed by atoms with Gasteiger partial charge in [0.2, 0.25) is 0 Å². The summed E-state index contributed by atoms with van der Waals surface area (Å²) in [7, 11) is 0. The summed E-state index contributed by atoms with van der Waals surface area (Å²) in [5.74, 6) is 0. The summed E-state index contributed by atoms with van der Waals surface area (Å²) in [5.41, 5.74) is 3.42. The second kappa shape index (κ2) is 7.69. The van der Waals surface area contributed by atoms with Crippen molar-refractivity contribution in [1.82, 2.24) is 10.3 Å². The Morgan fingerprint density at radius 2 is 1.90 bits per heavy atom. The molecule has 2 aromatic rings. The van der Waals surface area contributed by atoms with Crippen LogP contribution in [0.4, 0.5) is 0 Å². The lowest BCUT2D eigenvalue weighted by Gasteiger charge is -2.13. The minimum atomic E-state index is 0.111. The van der Waals surface area contributed by atoms with Crippen LogP contribution in [0.2, 0.25) is 0 Å². The summed E-state index contributed by atoms with van der Waals surface area (Å²) in [6, 6.07) is 8.49.